The van der Waals surface area contributed by atoms with Crippen molar-refractivity contribution in [3.8, 4) is 0 Å². The van der Waals surface area contributed by atoms with Crippen LogP contribution in [0.15, 0.2) is 0 Å². The maximum atomic E-state index is 11.3. The summed E-state index contributed by atoms with van der Waals surface area (Å²) in [6.45, 7) is 8.43. The lowest BCUT2D eigenvalue weighted by molar-refractivity contribution is -0.129. The zero-order valence-electron chi connectivity index (χ0n) is 10.5. The number of aliphatic hydroxyl groups excluding tert-OH is 1. The molecule has 1 atom stereocenters. The number of carbonyl (C=O) groups is 1. The molecule has 0 radical (unpaired) electrons. The third-order valence-corrected chi connectivity index (χ3v) is 3.32. The zero-order valence-corrected chi connectivity index (χ0v) is 10.5. The van der Waals surface area contributed by atoms with Crippen molar-refractivity contribution < 1.29 is 9.90 Å². The Morgan fingerprint density at radius 3 is 2.88 bits per heavy atom. The second-order valence-corrected chi connectivity index (χ2v) is 4.59. The van der Waals surface area contributed by atoms with Crippen LogP contribution in [0.1, 0.15) is 26.7 Å². The molecule has 1 saturated heterocycles. The van der Waals surface area contributed by atoms with Crippen molar-refractivity contribution in [3.63, 3.8) is 0 Å². The second-order valence-electron chi connectivity index (χ2n) is 4.59. The van der Waals surface area contributed by atoms with Crippen molar-refractivity contribution in [2.24, 2.45) is 5.92 Å². The summed E-state index contributed by atoms with van der Waals surface area (Å²) in [5.41, 5.74) is 0. The van der Waals surface area contributed by atoms with E-state index in [1.165, 1.54) is 12.8 Å². The number of carbonyl (C=O) groups excluding carboxylic acids is 1. The summed E-state index contributed by atoms with van der Waals surface area (Å²) < 4.78 is 0. The predicted molar refractivity (Wildman–Crippen MR) is 64.2 cm³/mol. The van der Waals surface area contributed by atoms with E-state index in [1.54, 1.807) is 6.92 Å². The van der Waals surface area contributed by atoms with Gasteiger partial charge in [-0.1, -0.05) is 0 Å². The van der Waals surface area contributed by atoms with Crippen molar-refractivity contribution in [1.82, 2.24) is 9.80 Å². The number of hydrogen-bond donors (Lipinski definition) is 1. The lowest BCUT2D eigenvalue weighted by Crippen LogP contribution is -2.43. The van der Waals surface area contributed by atoms with Gasteiger partial charge in [-0.05, 0) is 32.2 Å². The minimum absolute atomic E-state index is 0.168. The quantitative estimate of drug-likeness (QED) is 0.748. The summed E-state index contributed by atoms with van der Waals surface area (Å²) in [5.74, 6) is 0.742. The topological polar surface area (TPSA) is 43.8 Å². The molecule has 0 unspecified atom stereocenters. The Morgan fingerprint density at radius 2 is 2.31 bits per heavy atom. The molecule has 1 amide bonds. The summed E-state index contributed by atoms with van der Waals surface area (Å²) in [6.07, 6.45) is 2.38. The van der Waals surface area contributed by atoms with Crippen LogP contribution in [0.25, 0.3) is 0 Å². The van der Waals surface area contributed by atoms with E-state index < -0.39 is 0 Å². The summed E-state index contributed by atoms with van der Waals surface area (Å²) in [5, 5.41) is 8.91. The third kappa shape index (κ3) is 4.10. The molecule has 4 heteroatoms. The first kappa shape index (κ1) is 13.5. The molecule has 1 aliphatic heterocycles. The van der Waals surface area contributed by atoms with E-state index in [9.17, 15) is 4.79 Å². The Labute approximate surface area is 98.2 Å². The van der Waals surface area contributed by atoms with Crippen LogP contribution in [0, 0.1) is 5.92 Å². The van der Waals surface area contributed by atoms with E-state index in [0.29, 0.717) is 5.92 Å². The van der Waals surface area contributed by atoms with Crippen molar-refractivity contribution >= 4 is 5.91 Å². The average molecular weight is 228 g/mol. The fraction of sp³-hybridized carbons (Fsp3) is 0.917. The maximum Gasteiger partial charge on any atom is 0.219 e. The molecule has 0 saturated carbocycles. The summed E-state index contributed by atoms with van der Waals surface area (Å²) in [7, 11) is 0. The van der Waals surface area contributed by atoms with Crippen LogP contribution in [0.4, 0.5) is 0 Å². The number of hydrogen-bond acceptors (Lipinski definition) is 3. The van der Waals surface area contributed by atoms with Gasteiger partial charge in [0.1, 0.15) is 0 Å². The van der Waals surface area contributed by atoms with Crippen LogP contribution in [0.3, 0.4) is 0 Å². The zero-order chi connectivity index (χ0) is 12.0. The van der Waals surface area contributed by atoms with Crippen molar-refractivity contribution in [2.75, 3.05) is 39.3 Å². The van der Waals surface area contributed by atoms with E-state index in [-0.39, 0.29) is 12.5 Å². The molecule has 94 valence electrons. The van der Waals surface area contributed by atoms with E-state index >= 15 is 0 Å². The highest BCUT2D eigenvalue weighted by molar-refractivity contribution is 5.73. The Kier molecular flexibility index (Phi) is 5.77. The number of likely N-dealkylation sites (tertiary alicyclic amines) is 1. The smallest absolute Gasteiger partial charge is 0.219 e. The second kappa shape index (κ2) is 6.86. The van der Waals surface area contributed by atoms with Crippen LogP contribution >= 0.6 is 0 Å². The molecule has 0 aromatic heterocycles. The first-order valence-electron chi connectivity index (χ1n) is 6.26. The molecule has 16 heavy (non-hydrogen) atoms. The molecule has 0 spiro atoms. The van der Waals surface area contributed by atoms with Gasteiger partial charge < -0.3 is 14.9 Å². The average Bonchev–Trinajstić information content (AvgIpc) is 2.26. The minimum Gasteiger partial charge on any atom is -0.395 e. The lowest BCUT2D eigenvalue weighted by Gasteiger charge is -2.34. The Balaban J connectivity index is 2.38. The predicted octanol–water partition coefficient (Wildman–Crippen LogP) is 0.559. The first-order chi connectivity index (χ1) is 7.67. The Morgan fingerprint density at radius 1 is 1.56 bits per heavy atom. The van der Waals surface area contributed by atoms with Gasteiger partial charge >= 0.3 is 0 Å². The monoisotopic (exact) mass is 228 g/mol. The molecule has 1 heterocycles. The third-order valence-electron chi connectivity index (χ3n) is 3.32. The number of β-amino-alcohol motifs (C(OH)–C–C–N with tert-alkyl or cyclic N) is 1. The van der Waals surface area contributed by atoms with Crippen LogP contribution in [0.2, 0.25) is 0 Å². The number of piperidine rings is 1. The molecule has 1 N–H and O–H groups in total. The molecule has 4 nitrogen and oxygen atoms in total. The van der Waals surface area contributed by atoms with Gasteiger partial charge in [-0.3, -0.25) is 4.79 Å². The highest BCUT2D eigenvalue weighted by Gasteiger charge is 2.21. The lowest BCUT2D eigenvalue weighted by atomic mass is 9.97. The van der Waals surface area contributed by atoms with Crippen LogP contribution in [-0.2, 0) is 4.79 Å². The largest absolute Gasteiger partial charge is 0.395 e. The van der Waals surface area contributed by atoms with Gasteiger partial charge in [-0.15, -0.1) is 0 Å². The number of aliphatic hydroxyl groups is 1. The van der Waals surface area contributed by atoms with E-state index in [1.807, 2.05) is 11.8 Å². The van der Waals surface area contributed by atoms with Gasteiger partial charge in [0.05, 0.1) is 6.61 Å². The van der Waals surface area contributed by atoms with Gasteiger partial charge in [0, 0.05) is 33.1 Å². The van der Waals surface area contributed by atoms with Crippen molar-refractivity contribution in [3.05, 3.63) is 0 Å². The molecule has 0 aromatic rings. The van der Waals surface area contributed by atoms with E-state index in [2.05, 4.69) is 4.90 Å². The van der Waals surface area contributed by atoms with Crippen LogP contribution < -0.4 is 0 Å². The molecule has 1 rings (SSSR count). The van der Waals surface area contributed by atoms with Crippen molar-refractivity contribution in [1.29, 1.82) is 0 Å². The molecular weight excluding hydrogens is 204 g/mol. The maximum absolute atomic E-state index is 11.3. The SMILES string of the molecule is CCN(C[C@H]1CCCN(CCO)C1)C(C)=O. The molecular formula is C12H24N2O2. The summed E-state index contributed by atoms with van der Waals surface area (Å²) >= 11 is 0. The summed E-state index contributed by atoms with van der Waals surface area (Å²) in [4.78, 5) is 15.5. The van der Waals surface area contributed by atoms with Gasteiger partial charge in [0.2, 0.25) is 5.91 Å². The molecule has 0 aromatic carbocycles. The number of rotatable bonds is 5. The normalized spacial score (nSPS) is 22.1. The fourth-order valence-corrected chi connectivity index (χ4v) is 2.44. The van der Waals surface area contributed by atoms with Crippen molar-refractivity contribution in [2.45, 2.75) is 26.7 Å². The Hall–Kier alpha value is -0.610. The van der Waals surface area contributed by atoms with Gasteiger partial charge in [0.15, 0.2) is 0 Å². The van der Waals surface area contributed by atoms with Gasteiger partial charge in [-0.25, -0.2) is 0 Å². The van der Waals surface area contributed by atoms with Gasteiger partial charge in [-0.2, -0.15) is 0 Å². The molecule has 1 fully saturated rings. The Bertz CT molecular complexity index is 219. The van der Waals surface area contributed by atoms with E-state index in [4.69, 9.17) is 5.11 Å². The highest BCUT2D eigenvalue weighted by Crippen LogP contribution is 2.17. The molecule has 0 aliphatic carbocycles. The van der Waals surface area contributed by atoms with Crippen LogP contribution in [-0.4, -0.2) is 60.1 Å². The molecule has 1 aliphatic rings. The number of nitrogens with zero attached hydrogens (tertiary/aromatic N) is 2. The molecule has 0 bridgehead atoms. The minimum atomic E-state index is 0.168. The first-order valence-corrected chi connectivity index (χ1v) is 6.26. The fourth-order valence-electron chi connectivity index (χ4n) is 2.44. The highest BCUT2D eigenvalue weighted by atomic mass is 16.3. The number of amides is 1. The summed E-state index contributed by atoms with van der Waals surface area (Å²) in [6, 6.07) is 0. The standard InChI is InChI=1S/C12H24N2O2/c1-3-14(11(2)16)10-12-5-4-6-13(9-12)7-8-15/h12,15H,3-10H2,1-2H3/t12-/m0/s1. The van der Waals surface area contributed by atoms with Crippen LogP contribution in [0.5, 0.6) is 0 Å². The van der Waals surface area contributed by atoms with E-state index in [0.717, 1.165) is 32.7 Å². The van der Waals surface area contributed by atoms with Gasteiger partial charge in [0.25, 0.3) is 0 Å².